The summed E-state index contributed by atoms with van der Waals surface area (Å²) in [6.45, 7) is 18.4. The second kappa shape index (κ2) is 11.6. The number of carbonyl (C=O) groups excluding carboxylic acids is 1. The molecule has 2 heterocycles. The van der Waals surface area contributed by atoms with Crippen LogP contribution in [-0.2, 0) is 4.79 Å². The lowest BCUT2D eigenvalue weighted by atomic mass is 10.0. The van der Waals surface area contributed by atoms with Crippen molar-refractivity contribution < 1.29 is 9.18 Å². The molecule has 1 aliphatic rings. The third kappa shape index (κ3) is 6.27. The summed E-state index contributed by atoms with van der Waals surface area (Å²) in [6, 6.07) is 7.84. The van der Waals surface area contributed by atoms with Gasteiger partial charge in [-0.05, 0) is 50.3 Å². The van der Waals surface area contributed by atoms with Crippen LogP contribution in [-0.4, -0.2) is 64.1 Å². The van der Waals surface area contributed by atoms with Crippen LogP contribution in [0.15, 0.2) is 49.3 Å². The lowest BCUT2D eigenvalue weighted by molar-refractivity contribution is -0.111. The van der Waals surface area contributed by atoms with Crippen LogP contribution in [0, 0.1) is 24.2 Å². The number of anilines is 3. The van der Waals surface area contributed by atoms with Crippen LogP contribution in [0.2, 0.25) is 5.02 Å². The van der Waals surface area contributed by atoms with Gasteiger partial charge in [0.2, 0.25) is 5.91 Å². The molecule has 0 bridgehead atoms. The molecule has 0 unspecified atom stereocenters. The summed E-state index contributed by atoms with van der Waals surface area (Å²) >= 11 is 5.93. The average molecular weight is 532 g/mol. The molecule has 0 aliphatic carbocycles. The van der Waals surface area contributed by atoms with Crippen LogP contribution in [0.5, 0.6) is 0 Å². The van der Waals surface area contributed by atoms with Crippen molar-refractivity contribution in [2.24, 2.45) is 0 Å². The molecule has 1 fully saturated rings. The first-order chi connectivity index (χ1) is 18.2. The van der Waals surface area contributed by atoms with Crippen molar-refractivity contribution in [3.8, 4) is 11.8 Å². The predicted molar refractivity (Wildman–Crippen MR) is 149 cm³/mol. The van der Waals surface area contributed by atoms with E-state index in [1.165, 1.54) is 24.5 Å². The van der Waals surface area contributed by atoms with Crippen LogP contribution in [0.3, 0.4) is 0 Å². The molecule has 0 atom stereocenters. The molecule has 0 radical (unpaired) electrons. The Balaban J connectivity index is 1.68. The molecule has 2 aromatic carbocycles. The molecule has 1 amide bonds. The molecule has 0 saturated carbocycles. The number of rotatable bonds is 6. The summed E-state index contributed by atoms with van der Waals surface area (Å²) < 4.78 is 13.6. The highest BCUT2D eigenvalue weighted by Gasteiger charge is 2.29. The van der Waals surface area contributed by atoms with Crippen molar-refractivity contribution in [1.82, 2.24) is 19.8 Å². The third-order valence-electron chi connectivity index (χ3n) is 6.34. The van der Waals surface area contributed by atoms with Gasteiger partial charge in [0.05, 0.1) is 27.3 Å². The second-order valence-electron chi connectivity index (χ2n) is 9.30. The Labute approximate surface area is 226 Å². The molecule has 4 rings (SSSR count). The highest BCUT2D eigenvalue weighted by atomic mass is 35.5. The zero-order valence-electron chi connectivity index (χ0n) is 21.2. The van der Waals surface area contributed by atoms with E-state index in [4.69, 9.17) is 18.2 Å². The molecule has 8 nitrogen and oxygen atoms in total. The van der Waals surface area contributed by atoms with Gasteiger partial charge in [-0.2, -0.15) is 0 Å². The maximum atomic E-state index is 13.6. The molecule has 38 heavy (non-hydrogen) atoms. The molecule has 1 saturated heterocycles. The van der Waals surface area contributed by atoms with Gasteiger partial charge in [0, 0.05) is 37.3 Å². The summed E-state index contributed by atoms with van der Waals surface area (Å²) in [5.41, 5.74) is 1.82. The Kier molecular flexibility index (Phi) is 8.23. The lowest BCUT2D eigenvalue weighted by Crippen LogP contribution is -2.53. The van der Waals surface area contributed by atoms with Gasteiger partial charge in [-0.25, -0.2) is 25.8 Å². The Morgan fingerprint density at radius 2 is 2.03 bits per heavy atom. The van der Waals surface area contributed by atoms with Gasteiger partial charge in [0.15, 0.2) is 0 Å². The van der Waals surface area contributed by atoms with E-state index in [0.29, 0.717) is 40.3 Å². The van der Waals surface area contributed by atoms with Crippen LogP contribution in [0.1, 0.15) is 19.4 Å². The van der Waals surface area contributed by atoms with Crippen molar-refractivity contribution in [1.29, 1.82) is 0 Å². The van der Waals surface area contributed by atoms with Gasteiger partial charge in [0.25, 0.3) is 6.67 Å². The largest absolute Gasteiger partial charge is 0.340 e. The van der Waals surface area contributed by atoms with E-state index in [0.717, 1.165) is 26.2 Å². The van der Waals surface area contributed by atoms with Gasteiger partial charge < -0.3 is 10.6 Å². The number of hydrogen-bond donors (Lipinski definition) is 2. The SMILES string of the molecule is [C-]#[N+]CN1CCN(C(C)(C)C#Cc2cc3ncnc(Nc4ccc(F)c(Cl)c4)c3cc2NC(=O)C=C)CC1. The molecule has 3 aromatic rings. The summed E-state index contributed by atoms with van der Waals surface area (Å²) in [5.74, 6) is 6.18. The lowest BCUT2D eigenvalue weighted by Gasteiger charge is -2.40. The summed E-state index contributed by atoms with van der Waals surface area (Å²) in [4.78, 5) is 28.9. The van der Waals surface area contributed by atoms with E-state index in [1.807, 2.05) is 0 Å². The van der Waals surface area contributed by atoms with Crippen molar-refractivity contribution in [3.63, 3.8) is 0 Å². The predicted octanol–water partition coefficient (Wildman–Crippen LogP) is 4.91. The van der Waals surface area contributed by atoms with E-state index < -0.39 is 11.4 Å². The topological polar surface area (TPSA) is 77.8 Å². The van der Waals surface area contributed by atoms with Gasteiger partial charge in [0.1, 0.15) is 18.0 Å². The van der Waals surface area contributed by atoms with Gasteiger partial charge in [-0.15, -0.1) is 0 Å². The monoisotopic (exact) mass is 531 g/mol. The molecule has 194 valence electrons. The maximum absolute atomic E-state index is 13.6. The normalized spacial score (nSPS) is 14.3. The van der Waals surface area contributed by atoms with Crippen LogP contribution >= 0.6 is 11.6 Å². The number of benzene rings is 2. The number of aromatic nitrogens is 2. The molecular formula is C28H27ClFN7O. The van der Waals surface area contributed by atoms with E-state index in [2.05, 4.69) is 67.5 Å². The van der Waals surface area contributed by atoms with Crippen LogP contribution in [0.4, 0.5) is 21.6 Å². The molecule has 0 spiro atoms. The number of nitrogens with zero attached hydrogens (tertiary/aromatic N) is 5. The van der Waals surface area contributed by atoms with Crippen molar-refractivity contribution in [2.45, 2.75) is 19.4 Å². The number of halogens is 2. The van der Waals surface area contributed by atoms with Gasteiger partial charge in [-0.1, -0.05) is 30.0 Å². The van der Waals surface area contributed by atoms with E-state index in [9.17, 15) is 9.18 Å². The third-order valence-corrected chi connectivity index (χ3v) is 6.63. The number of amides is 1. The number of hydrogen-bond acceptors (Lipinski definition) is 6. The van der Waals surface area contributed by atoms with Crippen LogP contribution in [0.25, 0.3) is 15.7 Å². The zero-order chi connectivity index (χ0) is 27.3. The van der Waals surface area contributed by atoms with Crippen molar-refractivity contribution in [3.05, 3.63) is 77.1 Å². The highest BCUT2D eigenvalue weighted by molar-refractivity contribution is 6.31. The molecule has 1 aliphatic heterocycles. The highest BCUT2D eigenvalue weighted by Crippen LogP contribution is 2.30. The fourth-order valence-electron chi connectivity index (χ4n) is 4.15. The second-order valence-corrected chi connectivity index (χ2v) is 9.71. The Bertz CT molecular complexity index is 1480. The standard InChI is InChI=1S/C28H27ClFN7O/c1-5-26(38)35-24-16-21-25(32-17-33-27(21)34-20-6-7-23(30)22(29)15-20)14-19(24)8-9-28(2,3)37-12-10-36(11-13-37)18-31-4/h5-7,14-17H,1,10-13,18H2,2-3H3,(H,35,38)(H,32,33,34). The van der Waals surface area contributed by atoms with Gasteiger partial charge in [-0.3, -0.25) is 14.5 Å². The summed E-state index contributed by atoms with van der Waals surface area (Å²) in [5, 5.41) is 6.59. The Morgan fingerprint density at radius 1 is 1.26 bits per heavy atom. The van der Waals surface area contributed by atoms with Crippen LogP contribution < -0.4 is 10.6 Å². The van der Waals surface area contributed by atoms with E-state index in [-0.39, 0.29) is 10.9 Å². The minimum atomic E-state index is -0.518. The smallest absolute Gasteiger partial charge is 0.270 e. The van der Waals surface area contributed by atoms with E-state index in [1.54, 1.807) is 18.2 Å². The molecule has 10 heteroatoms. The maximum Gasteiger partial charge on any atom is 0.270 e. The fraction of sp³-hybridized carbons (Fsp3) is 0.286. The van der Waals surface area contributed by atoms with Gasteiger partial charge >= 0.3 is 0 Å². The first-order valence-electron chi connectivity index (χ1n) is 12.0. The van der Waals surface area contributed by atoms with Crippen molar-refractivity contribution >= 4 is 45.6 Å². The number of piperazine rings is 1. The Hall–Kier alpha value is -4.02. The minimum Gasteiger partial charge on any atom is -0.340 e. The number of fused-ring (bicyclic) bond motifs is 1. The van der Waals surface area contributed by atoms with Crippen molar-refractivity contribution in [2.75, 3.05) is 43.5 Å². The minimum absolute atomic E-state index is 0.0136. The summed E-state index contributed by atoms with van der Waals surface area (Å²) in [7, 11) is 0. The Morgan fingerprint density at radius 3 is 2.71 bits per heavy atom. The number of carbonyl (C=O) groups is 1. The zero-order valence-corrected chi connectivity index (χ0v) is 21.9. The average Bonchev–Trinajstić information content (AvgIpc) is 2.90. The quantitative estimate of drug-likeness (QED) is 0.267. The van der Waals surface area contributed by atoms with E-state index >= 15 is 0 Å². The first-order valence-corrected chi connectivity index (χ1v) is 12.4. The molecule has 1 aromatic heterocycles. The fourth-order valence-corrected chi connectivity index (χ4v) is 4.33. The first kappa shape index (κ1) is 27.0. The molecule has 2 N–H and O–H groups in total. The molecular weight excluding hydrogens is 505 g/mol. The summed E-state index contributed by atoms with van der Waals surface area (Å²) in [6.07, 6.45) is 2.61. The number of nitrogens with one attached hydrogen (secondary N) is 2.